The lowest BCUT2D eigenvalue weighted by molar-refractivity contribution is 0.371. The molecule has 1 N–H and O–H groups in total. The van der Waals surface area contributed by atoms with E-state index in [0.717, 1.165) is 49.8 Å². The van der Waals surface area contributed by atoms with Crippen molar-refractivity contribution in [2.24, 2.45) is 0 Å². The average molecular weight is 309 g/mol. The largest absolute Gasteiger partial charge is 0.313 e. The first-order valence-electron chi connectivity index (χ1n) is 8.04. The summed E-state index contributed by atoms with van der Waals surface area (Å²) in [6.45, 7) is 5.01. The van der Waals surface area contributed by atoms with E-state index in [2.05, 4.69) is 12.2 Å². The van der Waals surface area contributed by atoms with Crippen molar-refractivity contribution in [3.05, 3.63) is 35.4 Å². The fraction of sp³-hybridized carbons (Fsp3) is 0.647. The number of sulfone groups is 1. The highest BCUT2D eigenvalue weighted by atomic mass is 32.2. The molecule has 1 fully saturated rings. The molecule has 1 saturated carbocycles. The third-order valence-electron chi connectivity index (χ3n) is 4.44. The van der Waals surface area contributed by atoms with Gasteiger partial charge in [-0.05, 0) is 43.9 Å². The van der Waals surface area contributed by atoms with Gasteiger partial charge in [0.1, 0.15) is 0 Å². The van der Waals surface area contributed by atoms with Gasteiger partial charge < -0.3 is 5.32 Å². The van der Waals surface area contributed by atoms with Crippen molar-refractivity contribution in [1.82, 2.24) is 5.32 Å². The van der Waals surface area contributed by atoms with E-state index in [1.807, 2.05) is 31.2 Å². The molecule has 0 bridgehead atoms. The maximum atomic E-state index is 12.8. The lowest BCUT2D eigenvalue weighted by atomic mass is 9.95. The van der Waals surface area contributed by atoms with Gasteiger partial charge in [0.2, 0.25) is 0 Å². The summed E-state index contributed by atoms with van der Waals surface area (Å²) in [5.74, 6) is 0.175. The third kappa shape index (κ3) is 4.30. The third-order valence-corrected chi connectivity index (χ3v) is 6.64. The highest BCUT2D eigenvalue weighted by Crippen LogP contribution is 2.27. The fourth-order valence-corrected chi connectivity index (χ4v) is 5.42. The maximum absolute atomic E-state index is 12.8. The molecule has 118 valence electrons. The molecule has 0 amide bonds. The molecule has 1 aromatic carbocycles. The predicted octanol–water partition coefficient (Wildman–Crippen LogP) is 3.22. The Morgan fingerprint density at radius 1 is 1.19 bits per heavy atom. The Labute approximate surface area is 129 Å². The first-order valence-corrected chi connectivity index (χ1v) is 9.75. The summed E-state index contributed by atoms with van der Waals surface area (Å²) >= 11 is 0. The van der Waals surface area contributed by atoms with Crippen molar-refractivity contribution >= 4 is 9.84 Å². The summed E-state index contributed by atoms with van der Waals surface area (Å²) < 4.78 is 25.7. The molecule has 21 heavy (non-hydrogen) atoms. The van der Waals surface area contributed by atoms with E-state index >= 15 is 0 Å². The van der Waals surface area contributed by atoms with Gasteiger partial charge >= 0.3 is 0 Å². The van der Waals surface area contributed by atoms with Gasteiger partial charge in [0.25, 0.3) is 0 Å². The van der Waals surface area contributed by atoms with Gasteiger partial charge in [-0.3, -0.25) is 0 Å². The highest BCUT2D eigenvalue weighted by molar-refractivity contribution is 7.91. The standard InChI is InChI=1S/C17H27NO2S/c1-3-12-18-16-10-6-7-11-17(16)21(19,20)13-15-9-5-4-8-14(15)2/h4-5,8-9,16-18H,3,6-7,10-13H2,1-2H3. The van der Waals surface area contributed by atoms with E-state index in [1.165, 1.54) is 0 Å². The van der Waals surface area contributed by atoms with Crippen molar-refractivity contribution < 1.29 is 8.42 Å². The Hall–Kier alpha value is -0.870. The molecule has 4 heteroatoms. The molecule has 2 atom stereocenters. The molecule has 0 heterocycles. The first-order chi connectivity index (χ1) is 10.0. The van der Waals surface area contributed by atoms with Crippen LogP contribution in [0.3, 0.4) is 0 Å². The van der Waals surface area contributed by atoms with Crippen LogP contribution in [-0.2, 0) is 15.6 Å². The normalized spacial score (nSPS) is 23.1. The second kappa shape index (κ2) is 7.41. The van der Waals surface area contributed by atoms with E-state index in [4.69, 9.17) is 0 Å². The Morgan fingerprint density at radius 3 is 2.62 bits per heavy atom. The van der Waals surface area contributed by atoms with E-state index in [1.54, 1.807) is 0 Å². The Morgan fingerprint density at radius 2 is 1.90 bits per heavy atom. The summed E-state index contributed by atoms with van der Waals surface area (Å²) in [4.78, 5) is 0. The van der Waals surface area contributed by atoms with Crippen molar-refractivity contribution in [3.8, 4) is 0 Å². The van der Waals surface area contributed by atoms with Gasteiger partial charge in [0.05, 0.1) is 11.0 Å². The lowest BCUT2D eigenvalue weighted by Gasteiger charge is -2.32. The Bertz CT molecular complexity index is 554. The molecule has 1 aromatic rings. The van der Waals surface area contributed by atoms with Crippen LogP contribution in [0.2, 0.25) is 0 Å². The number of aryl methyl sites for hydroxylation is 1. The minimum absolute atomic E-state index is 0.132. The number of hydrogen-bond acceptors (Lipinski definition) is 3. The van der Waals surface area contributed by atoms with Crippen LogP contribution in [-0.4, -0.2) is 26.3 Å². The van der Waals surface area contributed by atoms with E-state index in [0.29, 0.717) is 0 Å². The van der Waals surface area contributed by atoms with Gasteiger partial charge in [0.15, 0.2) is 9.84 Å². The van der Waals surface area contributed by atoms with Crippen LogP contribution in [0.4, 0.5) is 0 Å². The highest BCUT2D eigenvalue weighted by Gasteiger charge is 2.35. The molecule has 2 rings (SSSR count). The van der Waals surface area contributed by atoms with Crippen LogP contribution in [0, 0.1) is 6.92 Å². The van der Waals surface area contributed by atoms with Crippen LogP contribution >= 0.6 is 0 Å². The minimum Gasteiger partial charge on any atom is -0.313 e. The molecule has 1 aliphatic carbocycles. The maximum Gasteiger partial charge on any atom is 0.158 e. The SMILES string of the molecule is CCCNC1CCCCC1S(=O)(=O)Cc1ccccc1C. The summed E-state index contributed by atoms with van der Waals surface area (Å²) in [6.07, 6.45) is 4.99. The molecule has 2 unspecified atom stereocenters. The van der Waals surface area contributed by atoms with Crippen molar-refractivity contribution in [3.63, 3.8) is 0 Å². The molecular weight excluding hydrogens is 282 g/mol. The van der Waals surface area contributed by atoms with Gasteiger partial charge in [0, 0.05) is 6.04 Å². The van der Waals surface area contributed by atoms with Gasteiger partial charge in [-0.1, -0.05) is 44.0 Å². The number of benzene rings is 1. The second-order valence-electron chi connectivity index (χ2n) is 6.12. The van der Waals surface area contributed by atoms with Crippen LogP contribution in [0.1, 0.15) is 50.2 Å². The Balaban J connectivity index is 2.14. The second-order valence-corrected chi connectivity index (χ2v) is 8.34. The molecule has 0 saturated heterocycles. The van der Waals surface area contributed by atoms with Crippen molar-refractivity contribution in [2.45, 2.75) is 63.0 Å². The molecule has 3 nitrogen and oxygen atoms in total. The molecule has 0 spiro atoms. The van der Waals surface area contributed by atoms with Crippen LogP contribution in [0.25, 0.3) is 0 Å². The summed E-state index contributed by atoms with van der Waals surface area (Å²) in [5.41, 5.74) is 2.01. The van der Waals surface area contributed by atoms with Gasteiger partial charge in [-0.2, -0.15) is 0 Å². The van der Waals surface area contributed by atoms with Crippen molar-refractivity contribution in [2.75, 3.05) is 6.54 Å². The number of nitrogens with one attached hydrogen (secondary N) is 1. The molecule has 0 aliphatic heterocycles. The number of rotatable bonds is 6. The Kier molecular flexibility index (Phi) is 5.82. The summed E-state index contributed by atoms with van der Waals surface area (Å²) in [7, 11) is -3.10. The monoisotopic (exact) mass is 309 g/mol. The molecule has 0 radical (unpaired) electrons. The van der Waals surface area contributed by atoms with E-state index in [-0.39, 0.29) is 17.0 Å². The lowest BCUT2D eigenvalue weighted by Crippen LogP contribution is -2.46. The average Bonchev–Trinajstić information content (AvgIpc) is 2.47. The topological polar surface area (TPSA) is 46.2 Å². The summed E-state index contributed by atoms with van der Waals surface area (Å²) in [5, 5.41) is 3.22. The zero-order valence-corrected chi connectivity index (χ0v) is 14.0. The van der Waals surface area contributed by atoms with E-state index in [9.17, 15) is 8.42 Å². The fourth-order valence-electron chi connectivity index (χ4n) is 3.19. The van der Waals surface area contributed by atoms with Crippen LogP contribution < -0.4 is 5.32 Å². The molecule has 1 aliphatic rings. The summed E-state index contributed by atoms with van der Waals surface area (Å²) in [6, 6.07) is 7.93. The van der Waals surface area contributed by atoms with Crippen LogP contribution in [0.5, 0.6) is 0 Å². The van der Waals surface area contributed by atoms with Gasteiger partial charge in [-0.25, -0.2) is 8.42 Å². The van der Waals surface area contributed by atoms with Crippen LogP contribution in [0.15, 0.2) is 24.3 Å². The zero-order valence-electron chi connectivity index (χ0n) is 13.1. The quantitative estimate of drug-likeness (QED) is 0.877. The zero-order chi connectivity index (χ0) is 15.3. The van der Waals surface area contributed by atoms with Crippen molar-refractivity contribution in [1.29, 1.82) is 0 Å². The van der Waals surface area contributed by atoms with E-state index < -0.39 is 9.84 Å². The number of hydrogen-bond donors (Lipinski definition) is 1. The smallest absolute Gasteiger partial charge is 0.158 e. The first kappa shape index (κ1) is 16.5. The molecule has 0 aromatic heterocycles. The molecular formula is C17H27NO2S. The van der Waals surface area contributed by atoms with Gasteiger partial charge in [-0.15, -0.1) is 0 Å². The minimum atomic E-state index is -3.10. The predicted molar refractivity (Wildman–Crippen MR) is 88.1 cm³/mol.